The Morgan fingerprint density at radius 3 is 2.50 bits per heavy atom. The number of anilines is 2. The number of carbonyl (C=O) groups is 1. The van der Waals surface area contributed by atoms with E-state index in [0.29, 0.717) is 36.5 Å². The zero-order valence-electron chi connectivity index (χ0n) is 18.0. The molecule has 1 heterocycles. The summed E-state index contributed by atoms with van der Waals surface area (Å²) in [4.78, 5) is 23.1. The summed E-state index contributed by atoms with van der Waals surface area (Å²) in [6, 6.07) is 14.8. The Morgan fingerprint density at radius 2 is 1.85 bits per heavy atom. The molecule has 1 amide bonds. The number of halogens is 1. The average molecular weight is 502 g/mol. The van der Waals surface area contributed by atoms with Crippen molar-refractivity contribution in [2.24, 2.45) is 0 Å². The molecule has 34 heavy (non-hydrogen) atoms. The van der Waals surface area contributed by atoms with Crippen LogP contribution in [-0.2, 0) is 16.4 Å². The van der Waals surface area contributed by atoms with E-state index in [0.717, 1.165) is 11.6 Å². The van der Waals surface area contributed by atoms with Crippen molar-refractivity contribution in [3.63, 3.8) is 0 Å². The van der Waals surface area contributed by atoms with E-state index < -0.39 is 20.9 Å². The van der Waals surface area contributed by atoms with Crippen LogP contribution >= 0.6 is 11.6 Å². The van der Waals surface area contributed by atoms with Crippen molar-refractivity contribution in [3.8, 4) is 5.75 Å². The maximum Gasteiger partial charge on any atom is 0.270 e. The highest BCUT2D eigenvalue weighted by Gasteiger charge is 2.29. The van der Waals surface area contributed by atoms with Gasteiger partial charge in [0.15, 0.2) is 0 Å². The number of hydrogen-bond acceptors (Lipinski definition) is 6. The number of nitrogens with zero attached hydrogens (tertiary/aromatic N) is 2. The van der Waals surface area contributed by atoms with Crippen molar-refractivity contribution in [3.05, 3.63) is 86.9 Å². The Labute approximate surface area is 201 Å². The molecule has 0 spiro atoms. The van der Waals surface area contributed by atoms with Crippen molar-refractivity contribution in [2.75, 3.05) is 23.3 Å². The van der Waals surface area contributed by atoms with Crippen LogP contribution in [0.2, 0.25) is 5.02 Å². The van der Waals surface area contributed by atoms with E-state index in [1.165, 1.54) is 35.7 Å². The van der Waals surface area contributed by atoms with Crippen molar-refractivity contribution < 1.29 is 22.9 Å². The van der Waals surface area contributed by atoms with E-state index in [1.54, 1.807) is 30.3 Å². The number of nitro benzene ring substituents is 1. The number of sulfonamides is 1. The normalized spacial score (nSPS) is 13.2. The van der Waals surface area contributed by atoms with Gasteiger partial charge in [-0.05, 0) is 66.9 Å². The van der Waals surface area contributed by atoms with E-state index in [4.69, 9.17) is 16.3 Å². The smallest absolute Gasteiger partial charge is 0.270 e. The van der Waals surface area contributed by atoms with E-state index in [2.05, 4.69) is 5.32 Å². The molecule has 4 rings (SSSR count). The highest BCUT2D eigenvalue weighted by atomic mass is 35.5. The molecule has 0 saturated carbocycles. The Kier molecular flexibility index (Phi) is 6.45. The molecule has 0 aliphatic carbocycles. The van der Waals surface area contributed by atoms with Gasteiger partial charge in [-0.25, -0.2) is 8.42 Å². The summed E-state index contributed by atoms with van der Waals surface area (Å²) in [5.74, 6) is 0.0323. The van der Waals surface area contributed by atoms with Gasteiger partial charge in [0.25, 0.3) is 21.6 Å². The van der Waals surface area contributed by atoms with Gasteiger partial charge in [-0.15, -0.1) is 0 Å². The third-order valence-corrected chi connectivity index (χ3v) is 7.61. The fourth-order valence-corrected chi connectivity index (χ4v) is 5.57. The lowest BCUT2D eigenvalue weighted by atomic mass is 10.0. The molecule has 0 radical (unpaired) electrons. The molecular formula is C23H20ClN3O6S. The molecule has 11 heteroatoms. The largest absolute Gasteiger partial charge is 0.497 e. The first-order chi connectivity index (χ1) is 16.2. The molecule has 1 N–H and O–H groups in total. The van der Waals surface area contributed by atoms with Crippen LogP contribution in [0.5, 0.6) is 5.75 Å². The van der Waals surface area contributed by atoms with Gasteiger partial charge in [0, 0.05) is 24.4 Å². The van der Waals surface area contributed by atoms with Gasteiger partial charge >= 0.3 is 0 Å². The lowest BCUT2D eigenvalue weighted by Crippen LogP contribution is -2.35. The number of amides is 1. The van der Waals surface area contributed by atoms with Crippen molar-refractivity contribution in [1.29, 1.82) is 0 Å². The Hall–Kier alpha value is -3.63. The third-order valence-electron chi connectivity index (χ3n) is 5.47. The number of nitrogens with one attached hydrogen (secondary N) is 1. The molecule has 0 saturated heterocycles. The minimum absolute atomic E-state index is 0.0404. The standard InChI is InChI=1S/C23H20ClN3O6S/c1-33-18-6-8-19(9-7-18)34(31,32)26-12-2-3-15-13-16(4-11-22(15)26)25-23(28)20-10-5-17(27(29)30)14-21(20)24/h4-11,13-14H,2-3,12H2,1H3,(H,25,28). The number of methoxy groups -OCH3 is 1. The summed E-state index contributed by atoms with van der Waals surface area (Å²) >= 11 is 6.05. The minimum Gasteiger partial charge on any atom is -0.497 e. The molecule has 0 atom stereocenters. The number of aryl methyl sites for hydroxylation is 1. The molecule has 3 aromatic carbocycles. The predicted octanol–water partition coefficient (Wildman–Crippen LogP) is 4.65. The fourth-order valence-electron chi connectivity index (χ4n) is 3.77. The van der Waals surface area contributed by atoms with E-state index in [1.807, 2.05) is 0 Å². The lowest BCUT2D eigenvalue weighted by Gasteiger charge is -2.31. The quantitative estimate of drug-likeness (QED) is 0.388. The number of benzene rings is 3. The van der Waals surface area contributed by atoms with Crippen molar-refractivity contribution in [1.82, 2.24) is 0 Å². The first kappa shape index (κ1) is 23.5. The number of ether oxygens (including phenoxy) is 1. The van der Waals surface area contributed by atoms with Crippen LogP contribution in [0.3, 0.4) is 0 Å². The van der Waals surface area contributed by atoms with E-state index in [-0.39, 0.29) is 21.2 Å². The van der Waals surface area contributed by atoms with Gasteiger partial charge in [0.2, 0.25) is 0 Å². The fraction of sp³-hybridized carbons (Fsp3) is 0.174. The number of non-ortho nitro benzene ring substituents is 1. The second kappa shape index (κ2) is 9.32. The SMILES string of the molecule is COc1ccc(S(=O)(=O)N2CCCc3cc(NC(=O)c4ccc([N+](=O)[O-])cc4Cl)ccc32)cc1. The van der Waals surface area contributed by atoms with Crippen LogP contribution in [0.1, 0.15) is 22.3 Å². The molecule has 0 unspecified atom stereocenters. The first-order valence-corrected chi connectivity index (χ1v) is 12.1. The van der Waals surface area contributed by atoms with Gasteiger partial charge in [0.1, 0.15) is 5.75 Å². The summed E-state index contributed by atoms with van der Waals surface area (Å²) < 4.78 is 33.0. The number of rotatable bonds is 6. The summed E-state index contributed by atoms with van der Waals surface area (Å²) in [5, 5.41) is 13.6. The zero-order chi connectivity index (χ0) is 24.5. The average Bonchev–Trinajstić information content (AvgIpc) is 2.83. The zero-order valence-corrected chi connectivity index (χ0v) is 19.6. The minimum atomic E-state index is -3.78. The topological polar surface area (TPSA) is 119 Å². The second-order valence-corrected chi connectivity index (χ2v) is 9.84. The maximum atomic E-state index is 13.3. The second-order valence-electron chi connectivity index (χ2n) is 7.58. The van der Waals surface area contributed by atoms with Gasteiger partial charge in [0.05, 0.1) is 33.2 Å². The highest BCUT2D eigenvalue weighted by molar-refractivity contribution is 7.92. The molecule has 0 aromatic heterocycles. The van der Waals surface area contributed by atoms with Crippen LogP contribution < -0.4 is 14.4 Å². The summed E-state index contributed by atoms with van der Waals surface area (Å²) in [6.07, 6.45) is 1.26. The highest BCUT2D eigenvalue weighted by Crippen LogP contribution is 2.34. The van der Waals surface area contributed by atoms with Crippen molar-refractivity contribution in [2.45, 2.75) is 17.7 Å². The van der Waals surface area contributed by atoms with Crippen LogP contribution in [0.15, 0.2) is 65.6 Å². The number of carbonyl (C=O) groups excluding carboxylic acids is 1. The summed E-state index contributed by atoms with van der Waals surface area (Å²) in [7, 11) is -2.27. The summed E-state index contributed by atoms with van der Waals surface area (Å²) in [6.45, 7) is 0.339. The number of fused-ring (bicyclic) bond motifs is 1. The predicted molar refractivity (Wildman–Crippen MR) is 128 cm³/mol. The first-order valence-electron chi connectivity index (χ1n) is 10.3. The van der Waals surface area contributed by atoms with Crippen LogP contribution in [0.4, 0.5) is 17.1 Å². The van der Waals surface area contributed by atoms with Crippen molar-refractivity contribution >= 4 is 44.6 Å². The van der Waals surface area contributed by atoms with Gasteiger partial charge in [-0.1, -0.05) is 11.6 Å². The van der Waals surface area contributed by atoms with Crippen LogP contribution in [0.25, 0.3) is 0 Å². The Morgan fingerprint density at radius 1 is 1.12 bits per heavy atom. The Balaban J connectivity index is 1.58. The molecule has 1 aliphatic rings. The molecule has 176 valence electrons. The number of hydrogen-bond donors (Lipinski definition) is 1. The number of nitro groups is 1. The van der Waals surface area contributed by atoms with E-state index >= 15 is 0 Å². The maximum absolute atomic E-state index is 13.3. The van der Waals surface area contributed by atoms with Crippen LogP contribution in [-0.4, -0.2) is 32.9 Å². The van der Waals surface area contributed by atoms with Gasteiger partial charge in [-0.3, -0.25) is 19.2 Å². The van der Waals surface area contributed by atoms with Crippen LogP contribution in [0, 0.1) is 10.1 Å². The Bertz CT molecular complexity index is 1380. The molecule has 3 aromatic rings. The third kappa shape index (κ3) is 4.55. The monoisotopic (exact) mass is 501 g/mol. The molecule has 1 aliphatic heterocycles. The molecule has 9 nitrogen and oxygen atoms in total. The summed E-state index contributed by atoms with van der Waals surface area (Å²) in [5.41, 5.74) is 1.66. The van der Waals surface area contributed by atoms with Gasteiger partial charge in [-0.2, -0.15) is 0 Å². The molecule has 0 fully saturated rings. The molecule has 0 bridgehead atoms. The van der Waals surface area contributed by atoms with Gasteiger partial charge < -0.3 is 10.1 Å². The molecular weight excluding hydrogens is 482 g/mol. The van der Waals surface area contributed by atoms with E-state index in [9.17, 15) is 23.3 Å². The lowest BCUT2D eigenvalue weighted by molar-refractivity contribution is -0.384.